The van der Waals surface area contributed by atoms with Gasteiger partial charge in [0.15, 0.2) is 5.60 Å². The van der Waals surface area contributed by atoms with Crippen molar-refractivity contribution in [1.29, 1.82) is 0 Å². The largest absolute Gasteiger partial charge is 0.360 e. The Morgan fingerprint density at radius 3 is 2.71 bits per heavy atom. The zero-order chi connectivity index (χ0) is 23.5. The van der Waals surface area contributed by atoms with E-state index >= 15 is 0 Å². The standard InChI is InChI=1S/C27H26N4O3/c1-27(23-9-5-4-7-19(23)12-13-34-27)26(33)28-17-24(31-25(32)22-15-29-30-16-22)21-11-10-18-6-2-3-8-20(18)14-21/h2-11,14-16,24H,12-13,17H2,1H3,(H,28,33)(H,29,30)(H,31,32). The molecule has 0 saturated heterocycles. The number of aromatic amines is 1. The summed E-state index contributed by atoms with van der Waals surface area (Å²) in [7, 11) is 0. The number of carbonyl (C=O) groups excluding carboxylic acids is 2. The maximum absolute atomic E-state index is 13.4. The highest BCUT2D eigenvalue weighted by Gasteiger charge is 2.40. The first-order chi connectivity index (χ1) is 16.5. The number of nitrogens with zero attached hydrogens (tertiary/aromatic N) is 1. The zero-order valence-electron chi connectivity index (χ0n) is 18.9. The van der Waals surface area contributed by atoms with Gasteiger partial charge in [-0.2, -0.15) is 5.10 Å². The number of H-pyrrole nitrogens is 1. The third-order valence-corrected chi connectivity index (χ3v) is 6.44. The van der Waals surface area contributed by atoms with Gasteiger partial charge in [0, 0.05) is 12.7 Å². The lowest BCUT2D eigenvalue weighted by Crippen LogP contribution is -2.49. The lowest BCUT2D eigenvalue weighted by atomic mass is 9.87. The van der Waals surface area contributed by atoms with Crippen LogP contribution in [0.15, 0.2) is 79.1 Å². The van der Waals surface area contributed by atoms with Crippen molar-refractivity contribution in [2.45, 2.75) is 25.0 Å². The van der Waals surface area contributed by atoms with E-state index in [2.05, 4.69) is 20.8 Å². The van der Waals surface area contributed by atoms with Crippen molar-refractivity contribution in [1.82, 2.24) is 20.8 Å². The van der Waals surface area contributed by atoms with Crippen LogP contribution in [0.3, 0.4) is 0 Å². The van der Waals surface area contributed by atoms with Gasteiger partial charge in [-0.1, -0.05) is 60.7 Å². The smallest absolute Gasteiger partial charge is 0.256 e. The van der Waals surface area contributed by atoms with Crippen LogP contribution in [0.2, 0.25) is 0 Å². The third-order valence-electron chi connectivity index (χ3n) is 6.44. The van der Waals surface area contributed by atoms with Crippen LogP contribution in [0, 0.1) is 0 Å². The molecule has 0 spiro atoms. The summed E-state index contributed by atoms with van der Waals surface area (Å²) in [5.74, 6) is -0.505. The molecule has 2 unspecified atom stereocenters. The predicted octanol–water partition coefficient (Wildman–Crippen LogP) is 3.64. The second-order valence-corrected chi connectivity index (χ2v) is 8.62. The molecule has 0 bridgehead atoms. The molecule has 0 aliphatic carbocycles. The topological polar surface area (TPSA) is 96.1 Å². The molecule has 7 heteroatoms. The number of hydrogen-bond acceptors (Lipinski definition) is 4. The van der Waals surface area contributed by atoms with E-state index in [1.165, 1.54) is 6.20 Å². The molecule has 1 aliphatic heterocycles. The summed E-state index contributed by atoms with van der Waals surface area (Å²) >= 11 is 0. The van der Waals surface area contributed by atoms with Crippen molar-refractivity contribution in [3.05, 3.63) is 101 Å². The minimum absolute atomic E-state index is 0.210. The summed E-state index contributed by atoms with van der Waals surface area (Å²) in [6, 6.07) is 21.5. The van der Waals surface area contributed by atoms with Crippen LogP contribution in [-0.4, -0.2) is 35.2 Å². The van der Waals surface area contributed by atoms with Crippen LogP contribution in [0.25, 0.3) is 10.8 Å². The second-order valence-electron chi connectivity index (χ2n) is 8.62. The van der Waals surface area contributed by atoms with Crippen molar-refractivity contribution >= 4 is 22.6 Å². The van der Waals surface area contributed by atoms with Crippen LogP contribution in [0.1, 0.15) is 40.0 Å². The minimum atomic E-state index is -1.09. The van der Waals surface area contributed by atoms with Crippen molar-refractivity contribution in [2.75, 3.05) is 13.2 Å². The number of amides is 2. The van der Waals surface area contributed by atoms with Gasteiger partial charge in [0.1, 0.15) is 0 Å². The van der Waals surface area contributed by atoms with Gasteiger partial charge in [-0.05, 0) is 46.9 Å². The monoisotopic (exact) mass is 454 g/mol. The van der Waals surface area contributed by atoms with Crippen molar-refractivity contribution in [3.63, 3.8) is 0 Å². The molecule has 3 aromatic carbocycles. The van der Waals surface area contributed by atoms with Crippen LogP contribution >= 0.6 is 0 Å². The average molecular weight is 455 g/mol. The van der Waals surface area contributed by atoms with E-state index in [-0.39, 0.29) is 18.4 Å². The summed E-state index contributed by atoms with van der Waals surface area (Å²) in [5.41, 5.74) is 2.23. The normalized spacial score (nSPS) is 18.1. The fraction of sp³-hybridized carbons (Fsp3) is 0.222. The Morgan fingerprint density at radius 1 is 1.09 bits per heavy atom. The van der Waals surface area contributed by atoms with E-state index in [9.17, 15) is 9.59 Å². The number of hydrogen-bond donors (Lipinski definition) is 3. The lowest BCUT2D eigenvalue weighted by Gasteiger charge is -2.35. The molecule has 1 aromatic heterocycles. The second kappa shape index (κ2) is 9.11. The summed E-state index contributed by atoms with van der Waals surface area (Å²) in [6.45, 7) is 2.49. The summed E-state index contributed by atoms with van der Waals surface area (Å²) < 4.78 is 5.98. The van der Waals surface area contributed by atoms with Crippen LogP contribution < -0.4 is 10.6 Å². The number of nitrogens with one attached hydrogen (secondary N) is 3. The summed E-state index contributed by atoms with van der Waals surface area (Å²) in [6.07, 6.45) is 3.79. The van der Waals surface area contributed by atoms with Gasteiger partial charge in [-0.3, -0.25) is 14.7 Å². The highest BCUT2D eigenvalue weighted by Crippen LogP contribution is 2.33. The van der Waals surface area contributed by atoms with Gasteiger partial charge >= 0.3 is 0 Å². The Balaban J connectivity index is 1.40. The van der Waals surface area contributed by atoms with Gasteiger partial charge in [0.05, 0.1) is 24.4 Å². The number of benzene rings is 3. The predicted molar refractivity (Wildman–Crippen MR) is 129 cm³/mol. The average Bonchev–Trinajstić information content (AvgIpc) is 3.41. The maximum Gasteiger partial charge on any atom is 0.256 e. The highest BCUT2D eigenvalue weighted by molar-refractivity contribution is 5.94. The lowest BCUT2D eigenvalue weighted by molar-refractivity contribution is -0.148. The van der Waals surface area contributed by atoms with Crippen molar-refractivity contribution in [3.8, 4) is 0 Å². The van der Waals surface area contributed by atoms with Gasteiger partial charge in [0.2, 0.25) is 0 Å². The Kier molecular flexibility index (Phi) is 5.86. The number of aromatic nitrogens is 2. The quantitative estimate of drug-likeness (QED) is 0.415. The number of fused-ring (bicyclic) bond motifs is 2. The van der Waals surface area contributed by atoms with Gasteiger partial charge in [-0.15, -0.1) is 0 Å². The van der Waals surface area contributed by atoms with Crippen molar-refractivity contribution < 1.29 is 14.3 Å². The Morgan fingerprint density at radius 2 is 1.88 bits per heavy atom. The first kappa shape index (κ1) is 21.9. The van der Waals surface area contributed by atoms with Gasteiger partial charge in [0.25, 0.3) is 11.8 Å². The zero-order valence-corrected chi connectivity index (χ0v) is 18.9. The Labute approximate surface area is 197 Å². The van der Waals surface area contributed by atoms with Crippen LogP contribution in [0.5, 0.6) is 0 Å². The molecule has 2 heterocycles. The van der Waals surface area contributed by atoms with E-state index in [0.29, 0.717) is 12.2 Å². The van der Waals surface area contributed by atoms with Crippen LogP contribution in [-0.2, 0) is 21.6 Å². The molecule has 2 amide bonds. The van der Waals surface area contributed by atoms with E-state index in [0.717, 1.165) is 33.9 Å². The fourth-order valence-electron chi connectivity index (χ4n) is 4.49. The fourth-order valence-corrected chi connectivity index (χ4v) is 4.49. The maximum atomic E-state index is 13.4. The Hall–Kier alpha value is -3.97. The first-order valence-electron chi connectivity index (χ1n) is 11.3. The number of carbonyl (C=O) groups is 2. The molecule has 5 rings (SSSR count). The molecule has 2 atom stereocenters. The van der Waals surface area contributed by atoms with E-state index in [4.69, 9.17) is 4.74 Å². The molecular weight excluding hydrogens is 428 g/mol. The minimum Gasteiger partial charge on any atom is -0.360 e. The third kappa shape index (κ3) is 4.18. The van der Waals surface area contributed by atoms with Crippen LogP contribution in [0.4, 0.5) is 0 Å². The summed E-state index contributed by atoms with van der Waals surface area (Å²) in [4.78, 5) is 26.2. The van der Waals surface area contributed by atoms with Crippen molar-refractivity contribution in [2.24, 2.45) is 0 Å². The highest BCUT2D eigenvalue weighted by atomic mass is 16.5. The van der Waals surface area contributed by atoms with Gasteiger partial charge in [-0.25, -0.2) is 0 Å². The molecule has 0 saturated carbocycles. The molecule has 4 aromatic rings. The SMILES string of the molecule is CC1(C(=O)NCC(NC(=O)c2cn[nH]c2)c2ccc3ccccc3c2)OCCc2ccccc21. The van der Waals surface area contributed by atoms with E-state index < -0.39 is 11.6 Å². The molecule has 0 radical (unpaired) electrons. The van der Waals surface area contributed by atoms with E-state index in [1.807, 2.05) is 66.7 Å². The molecule has 3 N–H and O–H groups in total. The summed E-state index contributed by atoms with van der Waals surface area (Å²) in [5, 5.41) is 14.7. The molecule has 34 heavy (non-hydrogen) atoms. The number of ether oxygens (including phenoxy) is 1. The first-order valence-corrected chi connectivity index (χ1v) is 11.3. The molecule has 0 fully saturated rings. The molecule has 1 aliphatic rings. The van der Waals surface area contributed by atoms with E-state index in [1.54, 1.807) is 13.1 Å². The van der Waals surface area contributed by atoms with Gasteiger partial charge < -0.3 is 15.4 Å². The number of rotatable bonds is 6. The molecule has 172 valence electrons. The molecule has 7 nitrogen and oxygen atoms in total. The molecular formula is C27H26N4O3. The Bertz CT molecular complexity index is 1330.